The molecule has 0 aliphatic carbocycles. The Labute approximate surface area is 55.0 Å². The summed E-state index contributed by atoms with van der Waals surface area (Å²) in [5.74, 6) is 0.273. The molecule has 1 radical (unpaired) electrons. The molecule has 0 heterocycles. The Balaban J connectivity index is 3.17. The second kappa shape index (κ2) is 2.09. The standard InChI is InChI=1S/C8H9O/c1-6-3-4-7(2)8(9)5-6/h3-5,9H,2H2,1H3. The van der Waals surface area contributed by atoms with Gasteiger partial charge in [0.2, 0.25) is 0 Å². The van der Waals surface area contributed by atoms with Gasteiger partial charge >= 0.3 is 0 Å². The fraction of sp³-hybridized carbons (Fsp3) is 0.125. The monoisotopic (exact) mass is 121 g/mol. The maximum Gasteiger partial charge on any atom is 0.119 e. The van der Waals surface area contributed by atoms with Crippen LogP contribution in [-0.4, -0.2) is 5.11 Å². The van der Waals surface area contributed by atoms with Crippen molar-refractivity contribution in [1.82, 2.24) is 0 Å². The maximum atomic E-state index is 9.04. The van der Waals surface area contributed by atoms with Gasteiger partial charge in [-0.1, -0.05) is 12.1 Å². The summed E-state index contributed by atoms with van der Waals surface area (Å²) in [4.78, 5) is 0. The Hall–Kier alpha value is -0.980. The summed E-state index contributed by atoms with van der Waals surface area (Å²) in [5, 5.41) is 9.04. The average molecular weight is 121 g/mol. The Kier molecular flexibility index (Phi) is 1.43. The lowest BCUT2D eigenvalue weighted by Gasteiger charge is -1.96. The van der Waals surface area contributed by atoms with Crippen molar-refractivity contribution in [3.8, 4) is 5.75 Å². The van der Waals surface area contributed by atoms with E-state index in [9.17, 15) is 0 Å². The van der Waals surface area contributed by atoms with Crippen molar-refractivity contribution >= 4 is 0 Å². The van der Waals surface area contributed by atoms with Crippen molar-refractivity contribution < 1.29 is 5.11 Å². The van der Waals surface area contributed by atoms with Crippen molar-refractivity contribution in [1.29, 1.82) is 0 Å². The van der Waals surface area contributed by atoms with E-state index in [0.29, 0.717) is 5.56 Å². The third kappa shape index (κ3) is 1.22. The van der Waals surface area contributed by atoms with Crippen molar-refractivity contribution in [3.63, 3.8) is 0 Å². The molecule has 1 aromatic rings. The summed E-state index contributed by atoms with van der Waals surface area (Å²) in [6, 6.07) is 5.41. The molecule has 1 rings (SSSR count). The lowest BCUT2D eigenvalue weighted by atomic mass is 10.1. The second-order valence-corrected chi connectivity index (χ2v) is 2.13. The fourth-order valence-electron chi connectivity index (χ4n) is 0.674. The predicted molar refractivity (Wildman–Crippen MR) is 37.3 cm³/mol. The van der Waals surface area contributed by atoms with Crippen LogP contribution < -0.4 is 0 Å². The molecular weight excluding hydrogens is 112 g/mol. The van der Waals surface area contributed by atoms with Gasteiger partial charge in [0.15, 0.2) is 0 Å². The topological polar surface area (TPSA) is 20.2 Å². The summed E-state index contributed by atoms with van der Waals surface area (Å²) in [5.41, 5.74) is 1.74. The molecule has 0 saturated heterocycles. The van der Waals surface area contributed by atoms with Crippen LogP contribution in [0.5, 0.6) is 5.75 Å². The van der Waals surface area contributed by atoms with Crippen LogP contribution in [0.2, 0.25) is 0 Å². The summed E-state index contributed by atoms with van der Waals surface area (Å²) in [6.45, 7) is 5.54. The van der Waals surface area contributed by atoms with E-state index in [4.69, 9.17) is 5.11 Å². The first kappa shape index (κ1) is 6.14. The lowest BCUT2D eigenvalue weighted by molar-refractivity contribution is 0.472. The average Bonchev–Trinajstić information content (AvgIpc) is 1.80. The summed E-state index contributed by atoms with van der Waals surface area (Å²) < 4.78 is 0. The number of hydrogen-bond donors (Lipinski definition) is 1. The summed E-state index contributed by atoms with van der Waals surface area (Å²) in [7, 11) is 0. The highest BCUT2D eigenvalue weighted by Gasteiger charge is 1.92. The summed E-state index contributed by atoms with van der Waals surface area (Å²) >= 11 is 0. The number of aryl methyl sites for hydroxylation is 1. The molecule has 1 N–H and O–H groups in total. The summed E-state index contributed by atoms with van der Waals surface area (Å²) in [6.07, 6.45) is 0. The molecule has 0 fully saturated rings. The zero-order valence-electron chi connectivity index (χ0n) is 5.39. The van der Waals surface area contributed by atoms with Gasteiger partial charge in [-0.3, -0.25) is 0 Å². The van der Waals surface area contributed by atoms with Crippen molar-refractivity contribution in [2.75, 3.05) is 0 Å². The van der Waals surface area contributed by atoms with E-state index < -0.39 is 0 Å². The van der Waals surface area contributed by atoms with E-state index in [1.807, 2.05) is 13.0 Å². The van der Waals surface area contributed by atoms with Gasteiger partial charge < -0.3 is 5.11 Å². The number of aromatic hydroxyl groups is 1. The van der Waals surface area contributed by atoms with Gasteiger partial charge in [-0.2, -0.15) is 0 Å². The molecule has 0 bridgehead atoms. The minimum absolute atomic E-state index is 0.273. The van der Waals surface area contributed by atoms with Crippen LogP contribution in [0, 0.1) is 13.8 Å². The molecule has 9 heavy (non-hydrogen) atoms. The van der Waals surface area contributed by atoms with E-state index in [1.54, 1.807) is 12.1 Å². The van der Waals surface area contributed by atoms with Crippen LogP contribution in [0.4, 0.5) is 0 Å². The minimum Gasteiger partial charge on any atom is -0.508 e. The SMILES string of the molecule is [CH2]c1ccc(C)cc1O. The number of benzene rings is 1. The third-order valence-electron chi connectivity index (χ3n) is 1.24. The van der Waals surface area contributed by atoms with Gasteiger partial charge in [0.25, 0.3) is 0 Å². The molecule has 0 aliphatic heterocycles. The van der Waals surface area contributed by atoms with Crippen LogP contribution in [0.3, 0.4) is 0 Å². The molecule has 47 valence electrons. The van der Waals surface area contributed by atoms with Crippen molar-refractivity contribution in [3.05, 3.63) is 36.2 Å². The Morgan fingerprint density at radius 1 is 1.44 bits per heavy atom. The van der Waals surface area contributed by atoms with E-state index in [0.717, 1.165) is 5.56 Å². The van der Waals surface area contributed by atoms with Crippen LogP contribution in [0.1, 0.15) is 11.1 Å². The van der Waals surface area contributed by atoms with E-state index in [1.165, 1.54) is 0 Å². The molecule has 0 spiro atoms. The van der Waals surface area contributed by atoms with Gasteiger partial charge in [-0.25, -0.2) is 0 Å². The highest BCUT2D eigenvalue weighted by Crippen LogP contribution is 2.15. The van der Waals surface area contributed by atoms with Gasteiger partial charge in [0, 0.05) is 0 Å². The molecule has 1 nitrogen and oxygen atoms in total. The van der Waals surface area contributed by atoms with Crippen molar-refractivity contribution in [2.24, 2.45) is 0 Å². The number of hydrogen-bond acceptors (Lipinski definition) is 1. The first-order chi connectivity index (χ1) is 4.20. The molecule has 0 atom stereocenters. The Morgan fingerprint density at radius 3 is 2.56 bits per heavy atom. The maximum absolute atomic E-state index is 9.04. The number of rotatable bonds is 0. The first-order valence-corrected chi connectivity index (χ1v) is 2.82. The van der Waals surface area contributed by atoms with E-state index in [2.05, 4.69) is 6.92 Å². The van der Waals surface area contributed by atoms with E-state index >= 15 is 0 Å². The quantitative estimate of drug-likeness (QED) is 0.555. The van der Waals surface area contributed by atoms with Crippen LogP contribution in [-0.2, 0) is 0 Å². The zero-order valence-corrected chi connectivity index (χ0v) is 5.39. The Bertz CT molecular complexity index is 216. The number of phenols is 1. The molecule has 0 unspecified atom stereocenters. The second-order valence-electron chi connectivity index (χ2n) is 2.13. The minimum atomic E-state index is 0.273. The molecule has 0 aromatic heterocycles. The Morgan fingerprint density at radius 2 is 2.11 bits per heavy atom. The van der Waals surface area contributed by atoms with Gasteiger partial charge in [-0.05, 0) is 31.0 Å². The predicted octanol–water partition coefficient (Wildman–Crippen LogP) is 1.88. The largest absolute Gasteiger partial charge is 0.508 e. The molecule has 1 heteroatoms. The van der Waals surface area contributed by atoms with E-state index in [-0.39, 0.29) is 5.75 Å². The molecule has 0 amide bonds. The van der Waals surface area contributed by atoms with Crippen LogP contribution in [0.25, 0.3) is 0 Å². The molecule has 0 aliphatic rings. The molecule has 1 aromatic carbocycles. The third-order valence-corrected chi connectivity index (χ3v) is 1.24. The van der Waals surface area contributed by atoms with Crippen LogP contribution >= 0.6 is 0 Å². The molecule has 0 saturated carbocycles. The highest BCUT2D eigenvalue weighted by atomic mass is 16.3. The van der Waals surface area contributed by atoms with Crippen molar-refractivity contribution in [2.45, 2.75) is 6.92 Å². The highest BCUT2D eigenvalue weighted by molar-refractivity contribution is 5.37. The fourth-order valence-corrected chi connectivity index (χ4v) is 0.674. The zero-order chi connectivity index (χ0) is 6.85. The van der Waals surface area contributed by atoms with Gasteiger partial charge in [-0.15, -0.1) is 0 Å². The smallest absolute Gasteiger partial charge is 0.119 e. The lowest BCUT2D eigenvalue weighted by Crippen LogP contribution is -1.74. The molecular formula is C8H9O. The number of phenolic OH excluding ortho intramolecular Hbond substituents is 1. The first-order valence-electron chi connectivity index (χ1n) is 2.82. The van der Waals surface area contributed by atoms with Gasteiger partial charge in [0.1, 0.15) is 5.75 Å². The van der Waals surface area contributed by atoms with Gasteiger partial charge in [0.05, 0.1) is 0 Å². The van der Waals surface area contributed by atoms with Crippen LogP contribution in [0.15, 0.2) is 18.2 Å². The normalized spacial score (nSPS) is 9.56.